The Balaban J connectivity index is 2.11. The second-order valence-electron chi connectivity index (χ2n) is 3.24. The minimum absolute atomic E-state index is 0.00536. The number of aromatic nitrogens is 1. The van der Waals surface area contributed by atoms with Crippen molar-refractivity contribution in [3.63, 3.8) is 0 Å². The van der Waals surface area contributed by atoms with Crippen LogP contribution in [0, 0.1) is 0 Å². The van der Waals surface area contributed by atoms with Gasteiger partial charge in [-0.25, -0.2) is 0 Å². The molecule has 15 heavy (non-hydrogen) atoms. The molecule has 0 saturated carbocycles. The van der Waals surface area contributed by atoms with E-state index in [-0.39, 0.29) is 6.04 Å². The first-order chi connectivity index (χ1) is 7.25. The standard InChI is InChI=1S/C11H12N2S2/c1-8(12)10-5-4-9(7-13-10)15-11-3-2-6-14-11/h2-8H,12H2,1H3. The molecule has 0 bridgehead atoms. The molecule has 2 rings (SSSR count). The van der Waals surface area contributed by atoms with Crippen LogP contribution in [0.25, 0.3) is 0 Å². The van der Waals surface area contributed by atoms with Gasteiger partial charge in [0.15, 0.2) is 0 Å². The van der Waals surface area contributed by atoms with Crippen LogP contribution in [0.4, 0.5) is 0 Å². The van der Waals surface area contributed by atoms with Gasteiger partial charge in [0.05, 0.1) is 9.90 Å². The molecule has 1 atom stereocenters. The Bertz CT molecular complexity index is 407. The summed E-state index contributed by atoms with van der Waals surface area (Å²) in [6.07, 6.45) is 1.88. The molecule has 2 heterocycles. The molecule has 1 unspecified atom stereocenters. The van der Waals surface area contributed by atoms with E-state index >= 15 is 0 Å². The van der Waals surface area contributed by atoms with Crippen molar-refractivity contribution in [1.82, 2.24) is 4.98 Å². The van der Waals surface area contributed by atoms with Crippen molar-refractivity contribution in [3.05, 3.63) is 41.5 Å². The van der Waals surface area contributed by atoms with Gasteiger partial charge in [-0.3, -0.25) is 4.98 Å². The molecule has 0 saturated heterocycles. The Kier molecular flexibility index (Phi) is 3.41. The van der Waals surface area contributed by atoms with Gasteiger partial charge in [-0.2, -0.15) is 0 Å². The van der Waals surface area contributed by atoms with Gasteiger partial charge in [-0.1, -0.05) is 17.8 Å². The summed E-state index contributed by atoms with van der Waals surface area (Å²) in [5, 5.41) is 2.08. The molecule has 78 valence electrons. The predicted molar refractivity (Wildman–Crippen MR) is 65.3 cm³/mol. The third kappa shape index (κ3) is 2.81. The highest BCUT2D eigenvalue weighted by atomic mass is 32.2. The van der Waals surface area contributed by atoms with Crippen molar-refractivity contribution in [2.75, 3.05) is 0 Å². The monoisotopic (exact) mass is 236 g/mol. The maximum Gasteiger partial charge on any atom is 0.0646 e. The van der Waals surface area contributed by atoms with E-state index in [0.29, 0.717) is 0 Å². The van der Waals surface area contributed by atoms with Crippen LogP contribution >= 0.6 is 23.1 Å². The van der Waals surface area contributed by atoms with Gasteiger partial charge < -0.3 is 5.73 Å². The maximum atomic E-state index is 5.73. The molecule has 0 aliphatic carbocycles. The lowest BCUT2D eigenvalue weighted by atomic mass is 10.2. The maximum absolute atomic E-state index is 5.73. The molecule has 0 aliphatic heterocycles. The fraction of sp³-hybridized carbons (Fsp3) is 0.182. The Morgan fingerprint density at radius 3 is 2.80 bits per heavy atom. The SMILES string of the molecule is CC(N)c1ccc(Sc2cccs2)cn1. The minimum Gasteiger partial charge on any atom is -0.323 e. The van der Waals surface area contributed by atoms with Crippen molar-refractivity contribution in [3.8, 4) is 0 Å². The van der Waals surface area contributed by atoms with Crippen molar-refractivity contribution in [1.29, 1.82) is 0 Å². The second-order valence-corrected chi connectivity index (χ2v) is 5.56. The Hall–Kier alpha value is -0.840. The number of hydrogen-bond acceptors (Lipinski definition) is 4. The second kappa shape index (κ2) is 4.79. The predicted octanol–water partition coefficient (Wildman–Crippen LogP) is 3.31. The van der Waals surface area contributed by atoms with Crippen LogP contribution < -0.4 is 5.73 Å². The number of rotatable bonds is 3. The highest BCUT2D eigenvalue weighted by Gasteiger charge is 2.02. The van der Waals surface area contributed by atoms with Gasteiger partial charge in [0.25, 0.3) is 0 Å². The van der Waals surface area contributed by atoms with Gasteiger partial charge in [0, 0.05) is 17.1 Å². The fourth-order valence-electron chi connectivity index (χ4n) is 1.16. The summed E-state index contributed by atoms with van der Waals surface area (Å²) in [6, 6.07) is 8.22. The van der Waals surface area contributed by atoms with Crippen LogP contribution in [0.1, 0.15) is 18.7 Å². The number of thiophene rings is 1. The first-order valence-electron chi connectivity index (χ1n) is 4.68. The lowest BCUT2D eigenvalue weighted by molar-refractivity contribution is 0.777. The van der Waals surface area contributed by atoms with E-state index in [9.17, 15) is 0 Å². The molecule has 0 fully saturated rings. The van der Waals surface area contributed by atoms with Gasteiger partial charge in [0.2, 0.25) is 0 Å². The van der Waals surface area contributed by atoms with Gasteiger partial charge in [-0.15, -0.1) is 11.3 Å². The molecule has 2 aromatic heterocycles. The molecular weight excluding hydrogens is 224 g/mol. The zero-order valence-corrected chi connectivity index (χ0v) is 10.0. The summed E-state index contributed by atoms with van der Waals surface area (Å²) in [5.41, 5.74) is 6.67. The van der Waals surface area contributed by atoms with Gasteiger partial charge >= 0.3 is 0 Å². The Morgan fingerprint density at radius 1 is 1.40 bits per heavy atom. The third-order valence-corrected chi connectivity index (χ3v) is 3.95. The summed E-state index contributed by atoms with van der Waals surface area (Å²) in [7, 11) is 0. The van der Waals surface area contributed by atoms with E-state index in [1.54, 1.807) is 23.1 Å². The lowest BCUT2D eigenvalue weighted by Crippen LogP contribution is -2.06. The molecular formula is C11H12N2S2. The zero-order valence-electron chi connectivity index (χ0n) is 8.38. The third-order valence-electron chi connectivity index (χ3n) is 1.94. The fourth-order valence-corrected chi connectivity index (χ4v) is 2.88. The highest BCUT2D eigenvalue weighted by Crippen LogP contribution is 2.30. The van der Waals surface area contributed by atoms with Crippen LogP contribution in [-0.2, 0) is 0 Å². The first-order valence-corrected chi connectivity index (χ1v) is 6.38. The molecule has 0 radical (unpaired) electrons. The summed E-state index contributed by atoms with van der Waals surface area (Å²) < 4.78 is 1.28. The summed E-state index contributed by atoms with van der Waals surface area (Å²) in [6.45, 7) is 1.94. The van der Waals surface area contributed by atoms with Crippen molar-refractivity contribution in [2.24, 2.45) is 5.73 Å². The Labute approximate surface area is 97.5 Å². The summed E-state index contributed by atoms with van der Waals surface area (Å²) in [5.74, 6) is 0. The smallest absolute Gasteiger partial charge is 0.0646 e. The number of pyridine rings is 1. The molecule has 0 spiro atoms. The molecule has 0 aliphatic rings. The van der Waals surface area contributed by atoms with Gasteiger partial charge in [0.1, 0.15) is 0 Å². The van der Waals surface area contributed by atoms with E-state index in [4.69, 9.17) is 5.73 Å². The molecule has 0 aromatic carbocycles. The van der Waals surface area contributed by atoms with Crippen molar-refractivity contribution in [2.45, 2.75) is 22.1 Å². The normalized spacial score (nSPS) is 12.7. The van der Waals surface area contributed by atoms with Crippen molar-refractivity contribution >= 4 is 23.1 Å². The van der Waals surface area contributed by atoms with Crippen LogP contribution in [0.2, 0.25) is 0 Å². The average Bonchev–Trinajstić information content (AvgIpc) is 2.71. The van der Waals surface area contributed by atoms with Crippen LogP contribution in [0.5, 0.6) is 0 Å². The van der Waals surface area contributed by atoms with Gasteiger partial charge in [-0.05, 0) is 30.5 Å². The van der Waals surface area contributed by atoms with Crippen LogP contribution in [-0.4, -0.2) is 4.98 Å². The Morgan fingerprint density at radius 2 is 2.27 bits per heavy atom. The average molecular weight is 236 g/mol. The lowest BCUT2D eigenvalue weighted by Gasteiger charge is -2.04. The molecule has 2 nitrogen and oxygen atoms in total. The van der Waals surface area contributed by atoms with E-state index < -0.39 is 0 Å². The number of hydrogen-bond donors (Lipinski definition) is 1. The van der Waals surface area contributed by atoms with Crippen molar-refractivity contribution < 1.29 is 0 Å². The van der Waals surface area contributed by atoms with Crippen LogP contribution in [0.15, 0.2) is 44.9 Å². The molecule has 2 N–H and O–H groups in total. The molecule has 4 heteroatoms. The first kappa shape index (κ1) is 10.7. The van der Waals surface area contributed by atoms with E-state index in [2.05, 4.69) is 28.6 Å². The largest absolute Gasteiger partial charge is 0.323 e. The summed E-state index contributed by atoms with van der Waals surface area (Å²) in [4.78, 5) is 5.47. The van der Waals surface area contributed by atoms with Crippen LogP contribution in [0.3, 0.4) is 0 Å². The van der Waals surface area contributed by atoms with E-state index in [0.717, 1.165) is 10.6 Å². The van der Waals surface area contributed by atoms with E-state index in [1.807, 2.05) is 19.2 Å². The summed E-state index contributed by atoms with van der Waals surface area (Å²) >= 11 is 3.47. The van der Waals surface area contributed by atoms with E-state index in [1.165, 1.54) is 4.21 Å². The highest BCUT2D eigenvalue weighted by molar-refractivity contribution is 8.01. The minimum atomic E-state index is 0.00536. The zero-order chi connectivity index (χ0) is 10.7. The molecule has 2 aromatic rings. The quantitative estimate of drug-likeness (QED) is 0.888. The number of nitrogens with zero attached hydrogens (tertiary/aromatic N) is 1. The molecule has 0 amide bonds. The number of nitrogens with two attached hydrogens (primary N) is 1. The topological polar surface area (TPSA) is 38.9 Å².